The van der Waals surface area contributed by atoms with Gasteiger partial charge in [0.15, 0.2) is 5.76 Å². The lowest BCUT2D eigenvalue weighted by molar-refractivity contribution is 0.0601. The van der Waals surface area contributed by atoms with Gasteiger partial charge in [0.25, 0.3) is 5.91 Å². The zero-order valence-electron chi connectivity index (χ0n) is 18.2. The van der Waals surface area contributed by atoms with Crippen molar-refractivity contribution >= 4 is 11.9 Å². The molecule has 2 aromatic heterocycles. The summed E-state index contributed by atoms with van der Waals surface area (Å²) in [7, 11) is 3.73. The SMILES string of the molecule is Cc1noc(-c2cnc(N(C)C)nc2C2CCCCN2C(=O)c2ccccc2F)c1C. The van der Waals surface area contributed by atoms with Crippen molar-refractivity contribution in [1.82, 2.24) is 20.0 Å². The van der Waals surface area contributed by atoms with Gasteiger partial charge in [0.2, 0.25) is 5.95 Å². The number of aromatic nitrogens is 3. The summed E-state index contributed by atoms with van der Waals surface area (Å²) in [6.45, 7) is 4.35. The van der Waals surface area contributed by atoms with Crippen molar-refractivity contribution in [3.05, 3.63) is 58.8 Å². The van der Waals surface area contributed by atoms with Gasteiger partial charge >= 0.3 is 0 Å². The maximum Gasteiger partial charge on any atom is 0.257 e. The first kappa shape index (κ1) is 21.0. The Labute approximate surface area is 180 Å². The summed E-state index contributed by atoms with van der Waals surface area (Å²) < 4.78 is 20.0. The van der Waals surface area contributed by atoms with Gasteiger partial charge in [-0.1, -0.05) is 17.3 Å². The summed E-state index contributed by atoms with van der Waals surface area (Å²) in [5.41, 5.74) is 3.18. The molecule has 0 bridgehead atoms. The van der Waals surface area contributed by atoms with Crippen LogP contribution in [0, 0.1) is 19.7 Å². The molecule has 8 heteroatoms. The second-order valence-electron chi connectivity index (χ2n) is 8.08. The van der Waals surface area contributed by atoms with E-state index in [1.54, 1.807) is 23.2 Å². The molecule has 4 rings (SSSR count). The number of benzene rings is 1. The van der Waals surface area contributed by atoms with Crippen LogP contribution in [0.15, 0.2) is 35.0 Å². The van der Waals surface area contributed by atoms with Crippen molar-refractivity contribution in [3.63, 3.8) is 0 Å². The average molecular weight is 423 g/mol. The summed E-state index contributed by atoms with van der Waals surface area (Å²) in [5, 5.41) is 4.08. The van der Waals surface area contributed by atoms with Crippen LogP contribution in [0.2, 0.25) is 0 Å². The molecule has 162 valence electrons. The standard InChI is InChI=1S/C23H26FN5O2/c1-14-15(2)27-31-21(14)17-13-25-23(28(3)4)26-20(17)19-11-7-8-12-29(19)22(30)16-9-5-6-10-18(16)24/h5-6,9-10,13,19H,7-8,11-12H2,1-4H3. The smallest absolute Gasteiger partial charge is 0.257 e. The van der Waals surface area contributed by atoms with E-state index in [0.29, 0.717) is 29.5 Å². The average Bonchev–Trinajstić information content (AvgIpc) is 3.11. The molecule has 1 aliphatic rings. The third-order valence-corrected chi connectivity index (χ3v) is 5.79. The van der Waals surface area contributed by atoms with Gasteiger partial charge in [0.1, 0.15) is 5.82 Å². The van der Waals surface area contributed by atoms with Crippen LogP contribution in [0.1, 0.15) is 52.6 Å². The molecular weight excluding hydrogens is 397 g/mol. The van der Waals surface area contributed by atoms with Crippen molar-refractivity contribution in [2.24, 2.45) is 0 Å². The Morgan fingerprint density at radius 3 is 2.68 bits per heavy atom. The van der Waals surface area contributed by atoms with Gasteiger partial charge in [0.05, 0.1) is 28.6 Å². The summed E-state index contributed by atoms with van der Waals surface area (Å²) in [4.78, 5) is 26.2. The van der Waals surface area contributed by atoms with Crippen LogP contribution in [0.25, 0.3) is 11.3 Å². The van der Waals surface area contributed by atoms with Crippen LogP contribution in [-0.4, -0.2) is 46.6 Å². The number of rotatable bonds is 4. The fraction of sp³-hybridized carbons (Fsp3) is 0.391. The van der Waals surface area contributed by atoms with E-state index in [1.165, 1.54) is 12.1 Å². The Hall–Kier alpha value is -3.29. The lowest BCUT2D eigenvalue weighted by Gasteiger charge is -2.36. The molecule has 0 spiro atoms. The lowest BCUT2D eigenvalue weighted by atomic mass is 9.94. The maximum absolute atomic E-state index is 14.4. The van der Waals surface area contributed by atoms with E-state index in [9.17, 15) is 9.18 Å². The Morgan fingerprint density at radius 1 is 1.23 bits per heavy atom. The van der Waals surface area contributed by atoms with Crippen molar-refractivity contribution in [2.75, 3.05) is 25.5 Å². The molecule has 0 aliphatic carbocycles. The van der Waals surface area contributed by atoms with Crippen LogP contribution in [0.3, 0.4) is 0 Å². The number of anilines is 1. The Bertz CT molecular complexity index is 1110. The molecule has 3 aromatic rings. The number of carbonyl (C=O) groups excluding carboxylic acids is 1. The lowest BCUT2D eigenvalue weighted by Crippen LogP contribution is -2.39. The molecule has 1 unspecified atom stereocenters. The molecule has 1 amide bonds. The second kappa shape index (κ2) is 8.45. The quantitative estimate of drug-likeness (QED) is 0.622. The molecule has 31 heavy (non-hydrogen) atoms. The van der Waals surface area contributed by atoms with Crippen molar-refractivity contribution in [3.8, 4) is 11.3 Å². The predicted molar refractivity (Wildman–Crippen MR) is 115 cm³/mol. The largest absolute Gasteiger partial charge is 0.356 e. The minimum absolute atomic E-state index is 0.0736. The Kier molecular flexibility index (Phi) is 5.71. The maximum atomic E-state index is 14.4. The number of hydrogen-bond acceptors (Lipinski definition) is 6. The van der Waals surface area contributed by atoms with Crippen LogP contribution in [-0.2, 0) is 0 Å². The summed E-state index contributed by atoms with van der Waals surface area (Å²) in [6.07, 6.45) is 4.26. The van der Waals surface area contributed by atoms with Crippen molar-refractivity contribution in [1.29, 1.82) is 0 Å². The van der Waals surface area contributed by atoms with Gasteiger partial charge in [-0.25, -0.2) is 14.4 Å². The Balaban J connectivity index is 1.83. The normalized spacial score (nSPS) is 16.4. The van der Waals surface area contributed by atoms with E-state index >= 15 is 0 Å². The number of likely N-dealkylation sites (tertiary alicyclic amines) is 1. The number of carbonyl (C=O) groups is 1. The molecule has 1 atom stereocenters. The first-order valence-corrected chi connectivity index (χ1v) is 10.4. The highest BCUT2D eigenvalue weighted by molar-refractivity contribution is 5.95. The van der Waals surface area contributed by atoms with Gasteiger partial charge in [0, 0.05) is 32.4 Å². The number of hydrogen-bond donors (Lipinski definition) is 0. The summed E-state index contributed by atoms with van der Waals surface area (Å²) >= 11 is 0. The highest BCUT2D eigenvalue weighted by Crippen LogP contribution is 2.38. The fourth-order valence-electron chi connectivity index (χ4n) is 3.94. The van der Waals surface area contributed by atoms with Crippen LogP contribution in [0.5, 0.6) is 0 Å². The summed E-state index contributed by atoms with van der Waals surface area (Å²) in [6, 6.07) is 5.78. The molecule has 0 N–H and O–H groups in total. The van der Waals surface area contributed by atoms with Crippen molar-refractivity contribution < 1.29 is 13.7 Å². The van der Waals surface area contributed by atoms with Gasteiger partial charge in [-0.3, -0.25) is 4.79 Å². The molecule has 1 aliphatic heterocycles. The van der Waals surface area contributed by atoms with Gasteiger partial charge in [-0.15, -0.1) is 0 Å². The molecule has 0 radical (unpaired) electrons. The predicted octanol–water partition coefficient (Wildman–Crippen LogP) is 4.32. The highest BCUT2D eigenvalue weighted by Gasteiger charge is 2.34. The number of piperidine rings is 1. The van der Waals surface area contributed by atoms with E-state index in [2.05, 4.69) is 10.1 Å². The molecule has 0 saturated carbocycles. The number of nitrogens with zero attached hydrogens (tertiary/aromatic N) is 5. The van der Waals surface area contributed by atoms with E-state index in [1.807, 2.05) is 32.8 Å². The molecular formula is C23H26FN5O2. The molecule has 1 saturated heterocycles. The third-order valence-electron chi connectivity index (χ3n) is 5.79. The number of amides is 1. The van der Waals surface area contributed by atoms with Crippen LogP contribution < -0.4 is 4.90 Å². The highest BCUT2D eigenvalue weighted by atomic mass is 19.1. The van der Waals surface area contributed by atoms with E-state index in [0.717, 1.165) is 30.5 Å². The van der Waals surface area contributed by atoms with Crippen LogP contribution in [0.4, 0.5) is 10.3 Å². The minimum atomic E-state index is -0.518. The Morgan fingerprint density at radius 2 is 2.00 bits per heavy atom. The zero-order valence-corrected chi connectivity index (χ0v) is 18.2. The topological polar surface area (TPSA) is 75.4 Å². The van der Waals surface area contributed by atoms with E-state index in [4.69, 9.17) is 9.51 Å². The number of halogens is 1. The molecule has 7 nitrogen and oxygen atoms in total. The minimum Gasteiger partial charge on any atom is -0.356 e. The molecule has 1 aromatic carbocycles. The van der Waals surface area contributed by atoms with Gasteiger partial charge < -0.3 is 14.3 Å². The first-order valence-electron chi connectivity index (χ1n) is 10.4. The number of aryl methyl sites for hydroxylation is 1. The molecule has 1 fully saturated rings. The third kappa shape index (κ3) is 3.89. The first-order chi connectivity index (χ1) is 14.9. The second-order valence-corrected chi connectivity index (χ2v) is 8.08. The fourth-order valence-corrected chi connectivity index (χ4v) is 3.94. The van der Waals surface area contributed by atoms with Gasteiger partial charge in [-0.05, 0) is 45.2 Å². The monoisotopic (exact) mass is 423 g/mol. The summed E-state index contributed by atoms with van der Waals surface area (Å²) in [5.74, 6) is 0.290. The van der Waals surface area contributed by atoms with Crippen molar-refractivity contribution in [2.45, 2.75) is 39.2 Å². The van der Waals surface area contributed by atoms with Crippen LogP contribution >= 0.6 is 0 Å². The molecule has 3 heterocycles. The zero-order chi connectivity index (χ0) is 22.1. The van der Waals surface area contributed by atoms with E-state index < -0.39 is 5.82 Å². The van der Waals surface area contributed by atoms with E-state index in [-0.39, 0.29) is 17.5 Å². The van der Waals surface area contributed by atoms with Gasteiger partial charge in [-0.2, -0.15) is 0 Å².